The summed E-state index contributed by atoms with van der Waals surface area (Å²) in [5.41, 5.74) is 3.98. The second-order valence-corrected chi connectivity index (χ2v) is 7.55. The number of carbonyl (C=O) groups is 1. The van der Waals surface area contributed by atoms with Crippen molar-refractivity contribution in [2.45, 2.75) is 19.1 Å². The van der Waals surface area contributed by atoms with Crippen molar-refractivity contribution in [3.05, 3.63) is 64.7 Å². The van der Waals surface area contributed by atoms with E-state index in [1.165, 1.54) is 11.1 Å². The van der Waals surface area contributed by atoms with Crippen LogP contribution in [0.25, 0.3) is 10.6 Å². The first-order chi connectivity index (χ1) is 12.6. The summed E-state index contributed by atoms with van der Waals surface area (Å²) >= 11 is 1.62. The summed E-state index contributed by atoms with van der Waals surface area (Å²) in [6.07, 6.45) is 0.850. The standard InChI is InChI=1S/C20H21N3O2S/c1-22(12-16-10-14-6-3-4-7-15(14)13-25-16)20(24)18-11-17(21-23(18)2)19-8-5-9-26-19/h3-9,11,16H,10,12-13H2,1-2H3. The predicted octanol–water partition coefficient (Wildman–Crippen LogP) is 3.36. The Morgan fingerprint density at radius 1 is 1.31 bits per heavy atom. The number of amides is 1. The van der Waals surface area contributed by atoms with E-state index < -0.39 is 0 Å². The van der Waals surface area contributed by atoms with Crippen molar-refractivity contribution in [3.8, 4) is 10.6 Å². The van der Waals surface area contributed by atoms with E-state index in [9.17, 15) is 4.79 Å². The van der Waals surface area contributed by atoms with Crippen LogP contribution >= 0.6 is 11.3 Å². The van der Waals surface area contributed by atoms with Gasteiger partial charge in [-0.05, 0) is 28.6 Å². The Kier molecular flexibility index (Phi) is 4.61. The van der Waals surface area contributed by atoms with Gasteiger partial charge in [0, 0.05) is 27.1 Å². The van der Waals surface area contributed by atoms with E-state index >= 15 is 0 Å². The molecule has 134 valence electrons. The van der Waals surface area contributed by atoms with E-state index in [-0.39, 0.29) is 12.0 Å². The average molecular weight is 367 g/mol. The molecule has 1 amide bonds. The summed E-state index contributed by atoms with van der Waals surface area (Å²) in [6.45, 7) is 1.17. The largest absolute Gasteiger partial charge is 0.371 e. The van der Waals surface area contributed by atoms with Gasteiger partial charge in [-0.1, -0.05) is 30.3 Å². The lowest BCUT2D eigenvalue weighted by Gasteiger charge is -2.29. The molecule has 26 heavy (non-hydrogen) atoms. The Labute approximate surface area is 156 Å². The SMILES string of the molecule is CN(CC1Cc2ccccc2CO1)C(=O)c1cc(-c2cccs2)nn1C. The molecule has 1 unspecified atom stereocenters. The molecule has 3 heterocycles. The first kappa shape index (κ1) is 17.0. The lowest BCUT2D eigenvalue weighted by Crippen LogP contribution is -2.38. The Hall–Kier alpha value is -2.44. The minimum absolute atomic E-state index is 0.0174. The molecule has 0 spiro atoms. The van der Waals surface area contributed by atoms with Crippen LogP contribution in [0.4, 0.5) is 0 Å². The molecule has 0 bridgehead atoms. The highest BCUT2D eigenvalue weighted by molar-refractivity contribution is 7.13. The lowest BCUT2D eigenvalue weighted by atomic mass is 9.99. The summed E-state index contributed by atoms with van der Waals surface area (Å²) < 4.78 is 7.60. The number of aryl methyl sites for hydroxylation is 1. The van der Waals surface area contributed by atoms with E-state index in [0.29, 0.717) is 18.8 Å². The number of thiophene rings is 1. The zero-order valence-electron chi connectivity index (χ0n) is 14.9. The van der Waals surface area contributed by atoms with E-state index in [1.807, 2.05) is 43.7 Å². The number of ether oxygens (including phenoxy) is 1. The molecular weight excluding hydrogens is 346 g/mol. The molecule has 0 saturated carbocycles. The van der Waals surface area contributed by atoms with Crippen LogP contribution in [0.15, 0.2) is 47.8 Å². The van der Waals surface area contributed by atoms with E-state index in [1.54, 1.807) is 20.9 Å². The number of fused-ring (bicyclic) bond motifs is 1. The monoisotopic (exact) mass is 367 g/mol. The van der Waals surface area contributed by atoms with Crippen LogP contribution in [0.1, 0.15) is 21.6 Å². The van der Waals surface area contributed by atoms with Crippen molar-refractivity contribution < 1.29 is 9.53 Å². The fourth-order valence-corrected chi connectivity index (χ4v) is 4.00. The first-order valence-corrected chi connectivity index (χ1v) is 9.51. The number of likely N-dealkylation sites (N-methyl/N-ethyl adjacent to an activating group) is 1. The van der Waals surface area contributed by atoms with Crippen molar-refractivity contribution in [1.82, 2.24) is 14.7 Å². The maximum absolute atomic E-state index is 12.9. The van der Waals surface area contributed by atoms with Gasteiger partial charge in [-0.25, -0.2) is 0 Å². The summed E-state index contributed by atoms with van der Waals surface area (Å²) in [5.74, 6) is -0.0368. The van der Waals surface area contributed by atoms with Crippen molar-refractivity contribution in [3.63, 3.8) is 0 Å². The minimum Gasteiger partial charge on any atom is -0.371 e. The summed E-state index contributed by atoms with van der Waals surface area (Å²) in [5, 5.41) is 6.49. The van der Waals surface area contributed by atoms with E-state index in [2.05, 4.69) is 23.3 Å². The Bertz CT molecular complexity index is 917. The second kappa shape index (κ2) is 7.05. The van der Waals surface area contributed by atoms with Gasteiger partial charge in [0.05, 0.1) is 17.6 Å². The van der Waals surface area contributed by atoms with Crippen LogP contribution in [-0.2, 0) is 24.8 Å². The maximum Gasteiger partial charge on any atom is 0.271 e. The normalized spacial score (nSPS) is 16.3. The molecule has 1 aromatic carbocycles. The van der Waals surface area contributed by atoms with E-state index in [4.69, 9.17) is 4.74 Å². The number of hydrogen-bond acceptors (Lipinski definition) is 4. The molecule has 0 aliphatic carbocycles. The predicted molar refractivity (Wildman–Crippen MR) is 102 cm³/mol. The van der Waals surface area contributed by atoms with Crippen LogP contribution in [0.2, 0.25) is 0 Å². The Morgan fingerprint density at radius 3 is 2.88 bits per heavy atom. The van der Waals surface area contributed by atoms with Gasteiger partial charge in [-0.2, -0.15) is 5.10 Å². The molecule has 3 aromatic rings. The smallest absolute Gasteiger partial charge is 0.271 e. The van der Waals surface area contributed by atoms with E-state index in [0.717, 1.165) is 17.0 Å². The van der Waals surface area contributed by atoms with Gasteiger partial charge >= 0.3 is 0 Å². The van der Waals surface area contributed by atoms with Gasteiger partial charge in [0.25, 0.3) is 5.91 Å². The average Bonchev–Trinajstić information content (AvgIpc) is 3.30. The summed E-state index contributed by atoms with van der Waals surface area (Å²) in [4.78, 5) is 15.7. The van der Waals surface area contributed by atoms with Crippen molar-refractivity contribution >= 4 is 17.2 Å². The van der Waals surface area contributed by atoms with Gasteiger partial charge in [0.15, 0.2) is 0 Å². The Balaban J connectivity index is 1.46. The molecule has 0 N–H and O–H groups in total. The number of carbonyl (C=O) groups excluding carboxylic acids is 1. The van der Waals surface area contributed by atoms with Gasteiger partial charge in [-0.3, -0.25) is 9.48 Å². The van der Waals surface area contributed by atoms with Gasteiger partial charge in [0.1, 0.15) is 11.4 Å². The fraction of sp³-hybridized carbons (Fsp3) is 0.300. The van der Waals surface area contributed by atoms with Crippen molar-refractivity contribution in [2.75, 3.05) is 13.6 Å². The highest BCUT2D eigenvalue weighted by atomic mass is 32.1. The molecule has 6 heteroatoms. The molecular formula is C20H21N3O2S. The molecule has 1 atom stereocenters. The third-order valence-corrected chi connectivity index (χ3v) is 5.63. The second-order valence-electron chi connectivity index (χ2n) is 6.61. The topological polar surface area (TPSA) is 47.4 Å². The number of hydrogen-bond donors (Lipinski definition) is 0. The van der Waals surface area contributed by atoms with Crippen LogP contribution in [0.5, 0.6) is 0 Å². The van der Waals surface area contributed by atoms with Gasteiger partial charge in [0.2, 0.25) is 0 Å². The quantitative estimate of drug-likeness (QED) is 0.710. The highest BCUT2D eigenvalue weighted by Gasteiger charge is 2.24. The molecule has 0 radical (unpaired) electrons. The van der Waals surface area contributed by atoms with Gasteiger partial charge in [-0.15, -0.1) is 11.3 Å². The minimum atomic E-state index is -0.0368. The molecule has 4 rings (SSSR count). The molecule has 2 aromatic heterocycles. The molecule has 0 saturated heterocycles. The van der Waals surface area contributed by atoms with Crippen LogP contribution in [-0.4, -0.2) is 40.3 Å². The molecule has 1 aliphatic heterocycles. The summed E-state index contributed by atoms with van der Waals surface area (Å²) in [6, 6.07) is 14.2. The molecule has 1 aliphatic rings. The van der Waals surface area contributed by atoms with Crippen LogP contribution in [0, 0.1) is 0 Å². The zero-order valence-corrected chi connectivity index (χ0v) is 15.7. The number of benzene rings is 1. The zero-order chi connectivity index (χ0) is 18.1. The van der Waals surface area contributed by atoms with Crippen LogP contribution in [0.3, 0.4) is 0 Å². The van der Waals surface area contributed by atoms with Crippen molar-refractivity contribution in [2.24, 2.45) is 7.05 Å². The number of aromatic nitrogens is 2. The summed E-state index contributed by atoms with van der Waals surface area (Å²) in [7, 11) is 3.63. The third-order valence-electron chi connectivity index (χ3n) is 4.74. The number of rotatable bonds is 4. The molecule has 5 nitrogen and oxygen atoms in total. The maximum atomic E-state index is 12.9. The fourth-order valence-electron chi connectivity index (χ4n) is 3.32. The number of nitrogens with zero attached hydrogens (tertiary/aromatic N) is 3. The highest BCUT2D eigenvalue weighted by Crippen LogP contribution is 2.25. The van der Waals surface area contributed by atoms with Gasteiger partial charge < -0.3 is 9.64 Å². The van der Waals surface area contributed by atoms with Crippen molar-refractivity contribution in [1.29, 1.82) is 0 Å². The van der Waals surface area contributed by atoms with Crippen LogP contribution < -0.4 is 0 Å². The first-order valence-electron chi connectivity index (χ1n) is 8.63. The Morgan fingerprint density at radius 2 is 2.12 bits per heavy atom. The lowest BCUT2D eigenvalue weighted by molar-refractivity contribution is 0.00961. The third kappa shape index (κ3) is 3.30. The molecule has 0 fully saturated rings.